The Hall–Kier alpha value is -9.96. The average molecular weight is 997 g/mol. The molecule has 0 radical (unpaired) electrons. The third-order valence-corrected chi connectivity index (χ3v) is 16.3. The summed E-state index contributed by atoms with van der Waals surface area (Å²) in [5.41, 5.74) is 20.0. The number of fused-ring (bicyclic) bond motifs is 8. The molecule has 15 rings (SSSR count). The summed E-state index contributed by atoms with van der Waals surface area (Å²) in [5, 5.41) is 9.52. The molecule has 0 N–H and O–H groups in total. The van der Waals surface area contributed by atoms with E-state index < -0.39 is 0 Å². The molecule has 0 spiro atoms. The molecule has 1 heterocycles. The molecule has 78 heavy (non-hydrogen) atoms. The van der Waals surface area contributed by atoms with Crippen molar-refractivity contribution in [3.05, 3.63) is 290 Å². The van der Waals surface area contributed by atoms with Crippen LogP contribution in [0.5, 0.6) is 0 Å². The molecule has 3 heteroatoms. The summed E-state index contributed by atoms with van der Waals surface area (Å²) in [6, 6.07) is 102. The lowest BCUT2D eigenvalue weighted by atomic mass is 9.66. The highest BCUT2D eigenvalue weighted by atomic mass is 16.3. The zero-order valence-electron chi connectivity index (χ0n) is 43.4. The Labute approximate surface area is 454 Å². The fraction of sp³-hybridized carbons (Fsp3) is 0.0400. The van der Waals surface area contributed by atoms with E-state index >= 15 is 0 Å². The lowest BCUT2D eigenvalue weighted by molar-refractivity contribution is 0.645. The lowest BCUT2D eigenvalue weighted by Gasteiger charge is -2.38. The second kappa shape index (κ2) is 18.1. The quantitative estimate of drug-likeness (QED) is 0.134. The summed E-state index contributed by atoms with van der Waals surface area (Å²) >= 11 is 0. The number of rotatable bonds is 9. The molecule has 0 amide bonds. The zero-order valence-corrected chi connectivity index (χ0v) is 43.4. The molecular weight excluding hydrogens is 945 g/mol. The van der Waals surface area contributed by atoms with Crippen LogP contribution in [0.4, 0.5) is 34.1 Å². The Bertz CT molecular complexity index is 4580. The first-order chi connectivity index (χ1) is 38.4. The van der Waals surface area contributed by atoms with Gasteiger partial charge in [-0.1, -0.05) is 214 Å². The summed E-state index contributed by atoms with van der Waals surface area (Å²) in [7, 11) is 0. The first-order valence-electron chi connectivity index (χ1n) is 27.0. The van der Waals surface area contributed by atoms with Crippen molar-refractivity contribution in [2.24, 2.45) is 0 Å². The lowest BCUT2D eigenvalue weighted by Crippen LogP contribution is -2.24. The highest BCUT2D eigenvalue weighted by molar-refractivity contribution is 6.25. The monoisotopic (exact) mass is 996 g/mol. The minimum absolute atomic E-state index is 0.380. The minimum atomic E-state index is -0.380. The molecule has 0 bridgehead atoms. The van der Waals surface area contributed by atoms with Crippen LogP contribution in [-0.4, -0.2) is 0 Å². The van der Waals surface area contributed by atoms with Gasteiger partial charge in [-0.2, -0.15) is 0 Å². The Kier molecular flexibility index (Phi) is 10.6. The Morgan fingerprint density at radius 1 is 0.308 bits per heavy atom. The fourth-order valence-corrected chi connectivity index (χ4v) is 12.7. The summed E-state index contributed by atoms with van der Waals surface area (Å²) < 4.78 is 6.82. The highest BCUT2D eigenvalue weighted by Gasteiger charge is 2.37. The predicted molar refractivity (Wildman–Crippen MR) is 329 cm³/mol. The van der Waals surface area contributed by atoms with Gasteiger partial charge in [-0.05, 0) is 167 Å². The van der Waals surface area contributed by atoms with Crippen LogP contribution in [-0.2, 0) is 5.41 Å². The van der Waals surface area contributed by atoms with E-state index in [1.807, 2.05) is 6.07 Å². The molecule has 3 nitrogen and oxygen atoms in total. The van der Waals surface area contributed by atoms with E-state index in [9.17, 15) is 0 Å². The van der Waals surface area contributed by atoms with Crippen molar-refractivity contribution >= 4 is 88.4 Å². The minimum Gasteiger partial charge on any atom is -0.454 e. The van der Waals surface area contributed by atoms with Crippen molar-refractivity contribution in [2.45, 2.75) is 19.3 Å². The maximum Gasteiger partial charge on any atom is 0.159 e. The first kappa shape index (κ1) is 45.4. The molecule has 0 aliphatic heterocycles. The number of nitrogens with zero attached hydrogens (tertiary/aromatic N) is 2. The Morgan fingerprint density at radius 3 is 1.63 bits per heavy atom. The molecule has 1 aliphatic carbocycles. The maximum absolute atomic E-state index is 6.82. The van der Waals surface area contributed by atoms with Gasteiger partial charge in [-0.3, -0.25) is 0 Å². The van der Waals surface area contributed by atoms with E-state index in [1.165, 1.54) is 88.0 Å². The van der Waals surface area contributed by atoms with E-state index in [4.69, 9.17) is 4.42 Å². The molecule has 0 atom stereocenters. The molecule has 0 saturated heterocycles. The van der Waals surface area contributed by atoms with Gasteiger partial charge in [0.25, 0.3) is 0 Å². The van der Waals surface area contributed by atoms with Gasteiger partial charge in [0.1, 0.15) is 5.58 Å². The van der Waals surface area contributed by atoms with Crippen molar-refractivity contribution in [3.63, 3.8) is 0 Å². The molecule has 1 aromatic heterocycles. The van der Waals surface area contributed by atoms with Crippen LogP contribution in [0.15, 0.2) is 283 Å². The van der Waals surface area contributed by atoms with Gasteiger partial charge in [0, 0.05) is 44.6 Å². The molecular formula is C75H52N2O. The standard InChI is InChI=1S/C75H52N2O/c1-75(2)67-34-19-32-62-66-47-58(77(57-38-37-51-25-15-16-28-53(51)44-57)69-35-20-33-64-61-31-17-18-36-70(61)78-74(64)69)39-41-63(66)71(52-26-11-5-12-27-52)73(72(62)67)65-42-40-59(48-68(65)75)76(56-29-13-6-14-30-56)60-45-54(49-21-7-3-8-22-49)43-55(46-60)50-23-9-4-10-24-50/h3-48H,1-2H3. The number of hydrogen-bond acceptors (Lipinski definition) is 3. The number of hydrogen-bond donors (Lipinski definition) is 0. The number of benzene rings is 13. The van der Waals surface area contributed by atoms with E-state index in [0.717, 1.165) is 56.1 Å². The molecule has 14 aromatic rings. The molecule has 0 unspecified atom stereocenters. The van der Waals surface area contributed by atoms with Gasteiger partial charge in [0.2, 0.25) is 0 Å². The average Bonchev–Trinajstić information content (AvgIpc) is 3.23. The normalized spacial score (nSPS) is 12.6. The smallest absolute Gasteiger partial charge is 0.159 e. The molecule has 1 aliphatic rings. The third-order valence-electron chi connectivity index (χ3n) is 16.3. The van der Waals surface area contributed by atoms with Crippen LogP contribution >= 0.6 is 0 Å². The van der Waals surface area contributed by atoms with Gasteiger partial charge in [-0.15, -0.1) is 0 Å². The van der Waals surface area contributed by atoms with E-state index in [1.54, 1.807) is 0 Å². The van der Waals surface area contributed by atoms with E-state index in [2.05, 4.69) is 297 Å². The van der Waals surface area contributed by atoms with Gasteiger partial charge in [0.05, 0.1) is 5.69 Å². The van der Waals surface area contributed by atoms with Gasteiger partial charge >= 0.3 is 0 Å². The van der Waals surface area contributed by atoms with Crippen molar-refractivity contribution < 1.29 is 4.42 Å². The van der Waals surface area contributed by atoms with Crippen LogP contribution in [0.1, 0.15) is 25.0 Å². The second-order valence-corrected chi connectivity index (χ2v) is 21.2. The molecule has 13 aromatic carbocycles. The summed E-state index contributed by atoms with van der Waals surface area (Å²) in [6.07, 6.45) is 0. The number of anilines is 6. The van der Waals surface area contributed by atoms with Crippen LogP contribution in [0, 0.1) is 0 Å². The van der Waals surface area contributed by atoms with Crippen LogP contribution in [0.2, 0.25) is 0 Å². The van der Waals surface area contributed by atoms with Crippen LogP contribution in [0.3, 0.4) is 0 Å². The molecule has 0 saturated carbocycles. The highest BCUT2D eigenvalue weighted by Crippen LogP contribution is 2.56. The van der Waals surface area contributed by atoms with Gasteiger partial charge < -0.3 is 14.2 Å². The fourth-order valence-electron chi connectivity index (χ4n) is 12.7. The molecule has 0 fully saturated rings. The van der Waals surface area contributed by atoms with E-state index in [0.29, 0.717) is 0 Å². The summed E-state index contributed by atoms with van der Waals surface area (Å²) in [5.74, 6) is 0. The van der Waals surface area contributed by atoms with Crippen molar-refractivity contribution in [3.8, 4) is 44.5 Å². The SMILES string of the molecule is CC1(C)c2cc(N(c3ccccc3)c3cc(-c4ccccc4)cc(-c4ccccc4)c3)ccc2-c2c(-c3ccccc3)c3ccc(N(c4ccc5ccccc5c4)c4cccc5c4oc4ccccc45)cc3c3cccc1c23. The number of furan rings is 1. The van der Waals surface area contributed by atoms with Crippen molar-refractivity contribution in [2.75, 3.05) is 9.80 Å². The van der Waals surface area contributed by atoms with E-state index in [-0.39, 0.29) is 5.41 Å². The van der Waals surface area contributed by atoms with Crippen molar-refractivity contribution in [1.82, 2.24) is 0 Å². The first-order valence-corrected chi connectivity index (χ1v) is 27.0. The van der Waals surface area contributed by atoms with Crippen molar-refractivity contribution in [1.29, 1.82) is 0 Å². The summed E-state index contributed by atoms with van der Waals surface area (Å²) in [6.45, 7) is 4.84. The van der Waals surface area contributed by atoms with Gasteiger partial charge in [-0.25, -0.2) is 0 Å². The number of para-hydroxylation sites is 3. The van der Waals surface area contributed by atoms with Crippen LogP contribution < -0.4 is 9.80 Å². The Morgan fingerprint density at radius 2 is 0.885 bits per heavy atom. The largest absolute Gasteiger partial charge is 0.454 e. The van der Waals surface area contributed by atoms with Gasteiger partial charge in [0.15, 0.2) is 5.58 Å². The summed E-state index contributed by atoms with van der Waals surface area (Å²) in [4.78, 5) is 4.84. The topological polar surface area (TPSA) is 19.6 Å². The third kappa shape index (κ3) is 7.34. The Balaban J connectivity index is 0.967. The predicted octanol–water partition coefficient (Wildman–Crippen LogP) is 21.3. The second-order valence-electron chi connectivity index (χ2n) is 21.2. The maximum atomic E-state index is 6.82. The van der Waals surface area contributed by atoms with Crippen LogP contribution in [0.25, 0.3) is 98.8 Å². The zero-order chi connectivity index (χ0) is 51.9. The molecule has 368 valence electrons.